The third-order valence-electron chi connectivity index (χ3n) is 3.60. The number of nitrogens with one attached hydrogen (secondary N) is 1. The Bertz CT molecular complexity index is 866. The number of halogens is 2. The monoisotopic (exact) mass is 361 g/mol. The van der Waals surface area contributed by atoms with E-state index >= 15 is 0 Å². The van der Waals surface area contributed by atoms with Gasteiger partial charge in [-0.15, -0.1) is 0 Å². The first-order valence-corrected chi connectivity index (χ1v) is 7.81. The Kier molecular flexibility index (Phi) is 5.31. The van der Waals surface area contributed by atoms with Crippen molar-refractivity contribution in [2.24, 2.45) is 0 Å². The fourth-order valence-electron chi connectivity index (χ4n) is 2.30. The molecular formula is C18H17F2N3O3. The van der Waals surface area contributed by atoms with Crippen LogP contribution in [-0.4, -0.2) is 23.9 Å². The SMILES string of the molecule is COc1ccc(NCc2nc(-c3ccc(C)cc3)no2)cc1OC(F)F. The molecule has 3 aromatic rings. The predicted molar refractivity (Wildman–Crippen MR) is 91.4 cm³/mol. The second-order valence-corrected chi connectivity index (χ2v) is 5.48. The van der Waals surface area contributed by atoms with E-state index in [0.717, 1.165) is 11.1 Å². The Morgan fingerprint density at radius 3 is 2.58 bits per heavy atom. The van der Waals surface area contributed by atoms with E-state index < -0.39 is 6.61 Å². The number of hydrogen-bond acceptors (Lipinski definition) is 6. The highest BCUT2D eigenvalue weighted by Crippen LogP contribution is 2.31. The summed E-state index contributed by atoms with van der Waals surface area (Å²) in [5.74, 6) is 1.01. The Morgan fingerprint density at radius 2 is 1.88 bits per heavy atom. The lowest BCUT2D eigenvalue weighted by atomic mass is 10.1. The molecule has 0 unspecified atom stereocenters. The van der Waals surface area contributed by atoms with Crippen LogP contribution in [0.5, 0.6) is 11.5 Å². The Morgan fingerprint density at radius 1 is 1.12 bits per heavy atom. The smallest absolute Gasteiger partial charge is 0.387 e. The lowest BCUT2D eigenvalue weighted by Gasteiger charge is -2.12. The number of aryl methyl sites for hydroxylation is 1. The quantitative estimate of drug-likeness (QED) is 0.678. The van der Waals surface area contributed by atoms with Crippen molar-refractivity contribution in [1.29, 1.82) is 0 Å². The minimum atomic E-state index is -2.94. The summed E-state index contributed by atoms with van der Waals surface area (Å²) in [7, 11) is 1.38. The van der Waals surface area contributed by atoms with Crippen LogP contribution in [0.25, 0.3) is 11.4 Å². The number of nitrogens with zero attached hydrogens (tertiary/aromatic N) is 2. The van der Waals surface area contributed by atoms with Gasteiger partial charge in [-0.2, -0.15) is 13.8 Å². The van der Waals surface area contributed by atoms with Crippen molar-refractivity contribution in [2.75, 3.05) is 12.4 Å². The number of alkyl halides is 2. The first-order chi connectivity index (χ1) is 12.5. The van der Waals surface area contributed by atoms with Gasteiger partial charge >= 0.3 is 6.61 Å². The molecule has 0 aliphatic rings. The molecule has 0 saturated heterocycles. The first kappa shape index (κ1) is 17.7. The summed E-state index contributed by atoms with van der Waals surface area (Å²) in [4.78, 5) is 4.31. The average molecular weight is 361 g/mol. The zero-order valence-corrected chi connectivity index (χ0v) is 14.2. The summed E-state index contributed by atoms with van der Waals surface area (Å²) in [6.07, 6.45) is 0. The summed E-state index contributed by atoms with van der Waals surface area (Å²) in [6, 6.07) is 12.4. The molecule has 0 aliphatic carbocycles. The van der Waals surface area contributed by atoms with Gasteiger partial charge in [0, 0.05) is 17.3 Å². The molecule has 0 fully saturated rings. The minimum absolute atomic E-state index is 0.0571. The van der Waals surface area contributed by atoms with Gasteiger partial charge in [-0.3, -0.25) is 0 Å². The number of ether oxygens (including phenoxy) is 2. The van der Waals surface area contributed by atoms with Crippen molar-refractivity contribution in [1.82, 2.24) is 10.1 Å². The Balaban J connectivity index is 1.68. The summed E-state index contributed by atoms with van der Waals surface area (Å²) in [6.45, 7) is -0.706. The summed E-state index contributed by atoms with van der Waals surface area (Å²) >= 11 is 0. The zero-order chi connectivity index (χ0) is 18.5. The molecule has 0 radical (unpaired) electrons. The highest BCUT2D eigenvalue weighted by atomic mass is 19.3. The number of benzene rings is 2. The lowest BCUT2D eigenvalue weighted by Crippen LogP contribution is -2.05. The van der Waals surface area contributed by atoms with E-state index in [2.05, 4.69) is 20.2 Å². The first-order valence-electron chi connectivity index (χ1n) is 7.81. The van der Waals surface area contributed by atoms with Crippen LogP contribution in [-0.2, 0) is 6.54 Å². The summed E-state index contributed by atoms with van der Waals surface area (Å²) < 4.78 is 39.6. The Labute approximate surface area is 148 Å². The second-order valence-electron chi connectivity index (χ2n) is 5.48. The van der Waals surface area contributed by atoms with Crippen molar-refractivity contribution in [3.05, 3.63) is 53.9 Å². The molecule has 2 aromatic carbocycles. The van der Waals surface area contributed by atoms with Gasteiger partial charge in [-0.25, -0.2) is 0 Å². The predicted octanol–water partition coefficient (Wildman–Crippen LogP) is 4.27. The van der Waals surface area contributed by atoms with Crippen molar-refractivity contribution in [2.45, 2.75) is 20.1 Å². The van der Waals surface area contributed by atoms with Gasteiger partial charge in [0.25, 0.3) is 0 Å². The molecule has 0 atom stereocenters. The van der Waals surface area contributed by atoms with Crippen LogP contribution < -0.4 is 14.8 Å². The molecule has 8 heteroatoms. The van der Waals surface area contributed by atoms with E-state index in [1.807, 2.05) is 31.2 Å². The van der Waals surface area contributed by atoms with E-state index in [1.165, 1.54) is 19.2 Å². The summed E-state index contributed by atoms with van der Waals surface area (Å²) in [5.41, 5.74) is 2.54. The van der Waals surface area contributed by atoms with Crippen LogP contribution >= 0.6 is 0 Å². The maximum Gasteiger partial charge on any atom is 0.387 e. The Hall–Kier alpha value is -3.16. The van der Waals surface area contributed by atoms with Gasteiger partial charge in [0.15, 0.2) is 11.5 Å². The molecule has 1 aromatic heterocycles. The molecule has 0 spiro atoms. The second kappa shape index (κ2) is 7.81. The lowest BCUT2D eigenvalue weighted by molar-refractivity contribution is -0.0511. The number of hydrogen-bond donors (Lipinski definition) is 1. The van der Waals surface area contributed by atoms with E-state index in [0.29, 0.717) is 17.4 Å². The van der Waals surface area contributed by atoms with Crippen LogP contribution in [0, 0.1) is 6.92 Å². The molecule has 6 nitrogen and oxygen atoms in total. The van der Waals surface area contributed by atoms with Gasteiger partial charge in [0.05, 0.1) is 13.7 Å². The molecule has 3 rings (SSSR count). The molecule has 0 bridgehead atoms. The number of rotatable bonds is 7. The molecule has 136 valence electrons. The van der Waals surface area contributed by atoms with E-state index in [9.17, 15) is 8.78 Å². The fourth-order valence-corrected chi connectivity index (χ4v) is 2.30. The number of methoxy groups -OCH3 is 1. The standard InChI is InChI=1S/C18H17F2N3O3/c1-11-3-5-12(6-4-11)17-22-16(26-23-17)10-21-13-7-8-14(24-2)15(9-13)25-18(19)20/h3-9,18,21H,10H2,1-2H3. The van der Waals surface area contributed by atoms with Gasteiger partial charge in [-0.1, -0.05) is 35.0 Å². The zero-order valence-electron chi connectivity index (χ0n) is 14.2. The summed E-state index contributed by atoms with van der Waals surface area (Å²) in [5, 5.41) is 6.97. The third kappa shape index (κ3) is 4.27. The maximum absolute atomic E-state index is 12.5. The van der Waals surface area contributed by atoms with Crippen LogP contribution in [0.15, 0.2) is 47.0 Å². The average Bonchev–Trinajstić information content (AvgIpc) is 3.09. The van der Waals surface area contributed by atoms with Crippen LogP contribution in [0.4, 0.5) is 14.5 Å². The molecule has 1 N–H and O–H groups in total. The maximum atomic E-state index is 12.5. The van der Waals surface area contributed by atoms with Gasteiger partial charge < -0.3 is 19.3 Å². The van der Waals surface area contributed by atoms with E-state index in [1.54, 1.807) is 6.07 Å². The largest absolute Gasteiger partial charge is 0.493 e. The molecule has 1 heterocycles. The van der Waals surface area contributed by atoms with Crippen LogP contribution in [0.1, 0.15) is 11.5 Å². The highest BCUT2D eigenvalue weighted by Gasteiger charge is 2.12. The minimum Gasteiger partial charge on any atom is -0.493 e. The molecular weight excluding hydrogens is 344 g/mol. The van der Waals surface area contributed by atoms with Crippen LogP contribution in [0.2, 0.25) is 0 Å². The highest BCUT2D eigenvalue weighted by molar-refractivity contribution is 5.56. The van der Waals surface area contributed by atoms with Gasteiger partial charge in [0.1, 0.15) is 0 Å². The fraction of sp³-hybridized carbons (Fsp3) is 0.222. The molecule has 26 heavy (non-hydrogen) atoms. The van der Waals surface area contributed by atoms with Crippen molar-refractivity contribution in [3.63, 3.8) is 0 Å². The molecule has 0 aliphatic heterocycles. The van der Waals surface area contributed by atoms with Gasteiger partial charge in [-0.05, 0) is 19.1 Å². The van der Waals surface area contributed by atoms with Crippen molar-refractivity contribution >= 4 is 5.69 Å². The van der Waals surface area contributed by atoms with Crippen molar-refractivity contribution < 1.29 is 22.8 Å². The topological polar surface area (TPSA) is 69.4 Å². The van der Waals surface area contributed by atoms with Crippen molar-refractivity contribution in [3.8, 4) is 22.9 Å². The third-order valence-corrected chi connectivity index (χ3v) is 3.60. The number of aromatic nitrogens is 2. The number of anilines is 1. The molecule has 0 saturated carbocycles. The van der Waals surface area contributed by atoms with E-state index in [4.69, 9.17) is 9.26 Å². The molecule has 0 amide bonds. The normalized spacial score (nSPS) is 10.8. The van der Waals surface area contributed by atoms with Crippen LogP contribution in [0.3, 0.4) is 0 Å². The van der Waals surface area contributed by atoms with Gasteiger partial charge in [0.2, 0.25) is 11.7 Å². The van der Waals surface area contributed by atoms with E-state index in [-0.39, 0.29) is 18.0 Å².